The van der Waals surface area contributed by atoms with E-state index < -0.39 is 26.8 Å². The Bertz CT molecular complexity index is 1660. The van der Waals surface area contributed by atoms with Crippen LogP contribution in [0, 0.1) is 23.7 Å². The largest absolute Gasteiger partial charge is 0.483 e. The quantitative estimate of drug-likeness (QED) is 0.392. The molecule has 0 radical (unpaired) electrons. The van der Waals surface area contributed by atoms with Crippen molar-refractivity contribution in [2.24, 2.45) is 23.7 Å². The standard InChI is InChI=1S/C36H46ClN3O6S/c1-22-7-6-16-36(45-4,19-33(41)38-3)30-14-10-26(30)20-40-21-27-9-5-8-24-17-28(37)12-13-29(24)34(27)46-32-15-11-25(18-31(32)40)35(42)39-47(43,44)23(22)2/h6,11-13,15-18,22-23,26-27,30,34H,5,7-10,14,19-21H2,1-4H3,(H,38,41)(H,39,42)/b16-6+/t22-,23+,26-,27+,30+,34?,36+/m0/s1. The van der Waals surface area contributed by atoms with Gasteiger partial charge in [0.2, 0.25) is 15.9 Å². The van der Waals surface area contributed by atoms with Crippen molar-refractivity contribution in [1.29, 1.82) is 0 Å². The maximum Gasteiger partial charge on any atom is 0.264 e. The summed E-state index contributed by atoms with van der Waals surface area (Å²) < 4.78 is 42.3. The SMILES string of the molecule is CNC(=O)C[C@]1(OC)/C=C/C[C@H](C)[C@@H](C)S(=O)(=O)NC(=O)c2ccc3c(c2)N(C[C@H]2CCCc4cc(Cl)ccc4C2O3)C[C@@H]2CC[C@H]21. The number of hydrogen-bond donors (Lipinski definition) is 2. The Balaban J connectivity index is 1.45. The first-order valence-corrected chi connectivity index (χ1v) is 18.7. The molecule has 254 valence electrons. The van der Waals surface area contributed by atoms with Crippen molar-refractivity contribution in [2.75, 3.05) is 32.1 Å². The highest BCUT2D eigenvalue weighted by molar-refractivity contribution is 7.90. The fraction of sp³-hybridized carbons (Fsp3) is 0.556. The van der Waals surface area contributed by atoms with Crippen LogP contribution < -0.4 is 19.7 Å². The Hall–Kier alpha value is -3.08. The highest BCUT2D eigenvalue weighted by atomic mass is 35.5. The Labute approximate surface area is 283 Å². The number of hydrogen-bond acceptors (Lipinski definition) is 7. The third-order valence-corrected chi connectivity index (χ3v) is 13.3. The second-order valence-corrected chi connectivity index (χ2v) is 16.3. The van der Waals surface area contributed by atoms with E-state index in [0.717, 1.165) is 43.4 Å². The van der Waals surface area contributed by atoms with E-state index >= 15 is 0 Å². The molecule has 47 heavy (non-hydrogen) atoms. The third-order valence-electron chi connectivity index (χ3n) is 11.2. The second kappa shape index (κ2) is 13.4. The zero-order chi connectivity index (χ0) is 33.5. The lowest BCUT2D eigenvalue weighted by Crippen LogP contribution is -2.53. The molecule has 2 amide bonds. The van der Waals surface area contributed by atoms with Gasteiger partial charge in [0.15, 0.2) is 0 Å². The van der Waals surface area contributed by atoms with Gasteiger partial charge in [0, 0.05) is 43.8 Å². The minimum absolute atomic E-state index is 0.0670. The van der Waals surface area contributed by atoms with E-state index in [4.69, 9.17) is 21.1 Å². The van der Waals surface area contributed by atoms with Gasteiger partial charge in [-0.15, -0.1) is 0 Å². The van der Waals surface area contributed by atoms with Gasteiger partial charge < -0.3 is 19.7 Å². The zero-order valence-electron chi connectivity index (χ0n) is 27.6. The minimum Gasteiger partial charge on any atom is -0.483 e. The predicted octanol–water partition coefficient (Wildman–Crippen LogP) is 5.82. The van der Waals surface area contributed by atoms with E-state index in [1.165, 1.54) is 5.56 Å². The number of aryl methyl sites for hydroxylation is 1. The van der Waals surface area contributed by atoms with Crippen molar-refractivity contribution >= 4 is 39.1 Å². The first kappa shape index (κ1) is 33.8. The molecule has 7 atom stereocenters. The summed E-state index contributed by atoms with van der Waals surface area (Å²) in [6, 6.07) is 11.3. The molecule has 11 heteroatoms. The lowest BCUT2D eigenvalue weighted by molar-refractivity contribution is -0.132. The highest BCUT2D eigenvalue weighted by Crippen LogP contribution is 2.49. The number of allylic oxidation sites excluding steroid dienone is 1. The molecule has 2 aliphatic carbocycles. The molecule has 2 aliphatic heterocycles. The molecule has 1 saturated carbocycles. The topological polar surface area (TPSA) is 114 Å². The Morgan fingerprint density at radius 1 is 1.13 bits per heavy atom. The molecule has 9 nitrogen and oxygen atoms in total. The smallest absolute Gasteiger partial charge is 0.264 e. The zero-order valence-corrected chi connectivity index (χ0v) is 29.2. The lowest BCUT2D eigenvalue weighted by Gasteiger charge is -2.49. The van der Waals surface area contributed by atoms with Crippen LogP contribution in [0.4, 0.5) is 5.69 Å². The average molecular weight is 684 g/mol. The van der Waals surface area contributed by atoms with Crippen LogP contribution in [0.3, 0.4) is 0 Å². The summed E-state index contributed by atoms with van der Waals surface area (Å²) in [4.78, 5) is 28.7. The Kier molecular flexibility index (Phi) is 9.67. The number of nitrogens with one attached hydrogen (secondary N) is 2. The van der Waals surface area contributed by atoms with Crippen molar-refractivity contribution in [2.45, 2.75) is 75.7 Å². The van der Waals surface area contributed by atoms with Gasteiger partial charge in [-0.2, -0.15) is 0 Å². The summed E-state index contributed by atoms with van der Waals surface area (Å²) >= 11 is 6.40. The lowest BCUT2D eigenvalue weighted by atomic mass is 9.63. The number of carbonyl (C=O) groups is 2. The molecular formula is C36H46ClN3O6S. The first-order chi connectivity index (χ1) is 22.4. The molecule has 2 N–H and O–H groups in total. The van der Waals surface area contributed by atoms with Crippen molar-refractivity contribution in [3.8, 4) is 5.75 Å². The normalized spacial score (nSPS) is 32.4. The van der Waals surface area contributed by atoms with Crippen LogP contribution >= 0.6 is 11.6 Å². The summed E-state index contributed by atoms with van der Waals surface area (Å²) in [7, 11) is -0.693. The monoisotopic (exact) mass is 683 g/mol. The number of sulfonamides is 1. The average Bonchev–Trinajstić information content (AvgIpc) is 3.28. The number of rotatable bonds is 3. The fourth-order valence-corrected chi connectivity index (χ4v) is 9.47. The number of fused-ring (bicyclic) bond motifs is 5. The van der Waals surface area contributed by atoms with Gasteiger partial charge in [0.25, 0.3) is 5.91 Å². The minimum atomic E-state index is -3.99. The van der Waals surface area contributed by atoms with Crippen LogP contribution in [0.15, 0.2) is 48.6 Å². The number of methoxy groups -OCH3 is 1. The van der Waals surface area contributed by atoms with Gasteiger partial charge in [-0.1, -0.05) is 36.7 Å². The highest BCUT2D eigenvalue weighted by Gasteiger charge is 2.49. The van der Waals surface area contributed by atoms with E-state index in [-0.39, 0.29) is 47.7 Å². The molecular weight excluding hydrogens is 638 g/mol. The van der Waals surface area contributed by atoms with Crippen LogP contribution in [-0.4, -0.2) is 58.3 Å². The Morgan fingerprint density at radius 2 is 1.91 bits per heavy atom. The van der Waals surface area contributed by atoms with Crippen LogP contribution in [0.5, 0.6) is 5.75 Å². The van der Waals surface area contributed by atoms with Gasteiger partial charge in [0.1, 0.15) is 11.9 Å². The van der Waals surface area contributed by atoms with Crippen molar-refractivity contribution < 1.29 is 27.5 Å². The molecule has 1 fully saturated rings. The molecule has 0 aromatic heterocycles. The first-order valence-electron chi connectivity index (χ1n) is 16.8. The number of anilines is 1. The molecule has 2 aromatic rings. The van der Waals surface area contributed by atoms with Crippen molar-refractivity contribution in [1.82, 2.24) is 10.0 Å². The molecule has 1 unspecified atom stereocenters. The maximum atomic E-state index is 13.5. The van der Waals surface area contributed by atoms with Crippen molar-refractivity contribution in [3.63, 3.8) is 0 Å². The van der Waals surface area contributed by atoms with Gasteiger partial charge in [-0.05, 0) is 105 Å². The summed E-state index contributed by atoms with van der Waals surface area (Å²) in [5.41, 5.74) is 2.52. The summed E-state index contributed by atoms with van der Waals surface area (Å²) in [6.07, 6.45) is 9.12. The summed E-state index contributed by atoms with van der Waals surface area (Å²) in [5.74, 6) is 0.0518. The van der Waals surface area contributed by atoms with Crippen LogP contribution in [0.1, 0.15) is 80.0 Å². The molecule has 4 aliphatic rings. The third kappa shape index (κ3) is 6.65. The van der Waals surface area contributed by atoms with E-state index in [0.29, 0.717) is 30.3 Å². The summed E-state index contributed by atoms with van der Waals surface area (Å²) in [6.45, 7) is 4.86. The number of ether oxygens (including phenoxy) is 2. The van der Waals surface area contributed by atoms with Crippen LogP contribution in [0.2, 0.25) is 5.02 Å². The van der Waals surface area contributed by atoms with E-state index in [1.807, 2.05) is 31.2 Å². The molecule has 6 rings (SSSR count). The second-order valence-electron chi connectivity index (χ2n) is 13.9. The number of nitrogens with zero attached hydrogens (tertiary/aromatic N) is 1. The maximum absolute atomic E-state index is 13.5. The van der Waals surface area contributed by atoms with Gasteiger partial charge in [-0.3, -0.25) is 9.59 Å². The molecule has 2 bridgehead atoms. The predicted molar refractivity (Wildman–Crippen MR) is 183 cm³/mol. The van der Waals surface area contributed by atoms with Crippen molar-refractivity contribution in [3.05, 3.63) is 70.3 Å². The number of amides is 2. The number of benzene rings is 2. The van der Waals surface area contributed by atoms with Gasteiger partial charge in [-0.25, -0.2) is 13.1 Å². The molecule has 2 heterocycles. The molecule has 0 spiro atoms. The molecule has 2 aromatic carbocycles. The summed E-state index contributed by atoms with van der Waals surface area (Å²) in [5, 5.41) is 2.64. The Morgan fingerprint density at radius 3 is 2.64 bits per heavy atom. The molecule has 0 saturated heterocycles. The number of halogens is 1. The fourth-order valence-electron chi connectivity index (χ4n) is 7.99. The van der Waals surface area contributed by atoms with Gasteiger partial charge in [0.05, 0.1) is 23.0 Å². The van der Waals surface area contributed by atoms with Crippen LogP contribution in [0.25, 0.3) is 0 Å². The van der Waals surface area contributed by atoms with Crippen LogP contribution in [-0.2, 0) is 26.0 Å². The van der Waals surface area contributed by atoms with E-state index in [2.05, 4.69) is 21.0 Å². The van der Waals surface area contributed by atoms with E-state index in [9.17, 15) is 18.0 Å². The van der Waals surface area contributed by atoms with E-state index in [1.54, 1.807) is 39.3 Å². The number of carbonyl (C=O) groups excluding carboxylic acids is 2. The van der Waals surface area contributed by atoms with Gasteiger partial charge >= 0.3 is 0 Å².